The van der Waals surface area contributed by atoms with Crippen LogP contribution in [-0.2, 0) is 4.74 Å². The third-order valence-electron chi connectivity index (χ3n) is 2.14. The zero-order valence-corrected chi connectivity index (χ0v) is 11.4. The standard InChI is InChI=1S/C11H17F4NOS/c1-10(2,3)18-9(8(12)11(13,14)15)16-4-6-17-7-5-16/h4-7H2,1-3H3/b9-8-. The van der Waals surface area contributed by atoms with Gasteiger partial charge >= 0.3 is 6.18 Å². The number of nitrogens with zero attached hydrogens (tertiary/aromatic N) is 1. The lowest BCUT2D eigenvalue weighted by atomic mass is 10.3. The Balaban J connectivity index is 3.01. The molecular formula is C11H17F4NOS. The molecule has 0 spiro atoms. The van der Waals surface area contributed by atoms with Crippen LogP contribution in [0.3, 0.4) is 0 Å². The van der Waals surface area contributed by atoms with Gasteiger partial charge in [0.05, 0.1) is 13.2 Å². The average molecular weight is 287 g/mol. The molecular weight excluding hydrogens is 270 g/mol. The van der Waals surface area contributed by atoms with Gasteiger partial charge in [-0.05, 0) is 0 Å². The van der Waals surface area contributed by atoms with E-state index in [2.05, 4.69) is 0 Å². The van der Waals surface area contributed by atoms with Gasteiger partial charge in [0.1, 0.15) is 5.03 Å². The van der Waals surface area contributed by atoms with Crippen LogP contribution in [0.5, 0.6) is 0 Å². The van der Waals surface area contributed by atoms with E-state index in [1.54, 1.807) is 20.8 Å². The fourth-order valence-electron chi connectivity index (χ4n) is 1.43. The number of morpholine rings is 1. The van der Waals surface area contributed by atoms with Crippen LogP contribution in [0.2, 0.25) is 0 Å². The molecule has 1 aliphatic heterocycles. The topological polar surface area (TPSA) is 12.5 Å². The second-order valence-electron chi connectivity index (χ2n) is 4.93. The number of alkyl halides is 3. The number of allylic oxidation sites excluding steroid dienone is 1. The molecule has 0 amide bonds. The van der Waals surface area contributed by atoms with Crippen molar-refractivity contribution < 1.29 is 22.3 Å². The molecule has 1 aliphatic rings. The maximum atomic E-state index is 13.5. The van der Waals surface area contributed by atoms with Crippen molar-refractivity contribution in [2.24, 2.45) is 0 Å². The van der Waals surface area contributed by atoms with E-state index >= 15 is 0 Å². The minimum atomic E-state index is -4.94. The van der Waals surface area contributed by atoms with Gasteiger partial charge in [-0.25, -0.2) is 0 Å². The fourth-order valence-corrected chi connectivity index (χ4v) is 2.52. The fraction of sp³-hybridized carbons (Fsp3) is 0.818. The van der Waals surface area contributed by atoms with Crippen molar-refractivity contribution in [1.82, 2.24) is 4.90 Å². The molecule has 2 nitrogen and oxygen atoms in total. The molecule has 7 heteroatoms. The lowest BCUT2D eigenvalue weighted by Crippen LogP contribution is -2.37. The summed E-state index contributed by atoms with van der Waals surface area (Å²) in [5, 5.41) is -0.335. The number of halogens is 4. The normalized spacial score (nSPS) is 19.8. The maximum absolute atomic E-state index is 13.5. The summed E-state index contributed by atoms with van der Waals surface area (Å²) in [5.41, 5.74) is 0. The lowest BCUT2D eigenvalue weighted by Gasteiger charge is -2.33. The molecule has 0 atom stereocenters. The lowest BCUT2D eigenvalue weighted by molar-refractivity contribution is -0.111. The molecule has 0 unspecified atom stereocenters. The third-order valence-corrected chi connectivity index (χ3v) is 3.38. The summed E-state index contributed by atoms with van der Waals surface area (Å²) >= 11 is 0.898. The highest BCUT2D eigenvalue weighted by atomic mass is 32.2. The van der Waals surface area contributed by atoms with Gasteiger partial charge in [-0.1, -0.05) is 32.5 Å². The number of hydrogen-bond donors (Lipinski definition) is 0. The highest BCUT2D eigenvalue weighted by Crippen LogP contribution is 2.41. The quantitative estimate of drug-likeness (QED) is 0.721. The van der Waals surface area contributed by atoms with Gasteiger partial charge < -0.3 is 9.64 Å². The van der Waals surface area contributed by atoms with Crippen LogP contribution in [-0.4, -0.2) is 42.1 Å². The predicted octanol–water partition coefficient (Wildman–Crippen LogP) is 3.55. The highest BCUT2D eigenvalue weighted by molar-refractivity contribution is 8.04. The Morgan fingerprint density at radius 3 is 2.00 bits per heavy atom. The van der Waals surface area contributed by atoms with Crippen molar-refractivity contribution in [2.75, 3.05) is 26.3 Å². The number of hydrogen-bond acceptors (Lipinski definition) is 3. The first-order chi connectivity index (χ1) is 8.11. The van der Waals surface area contributed by atoms with Crippen molar-refractivity contribution in [3.63, 3.8) is 0 Å². The van der Waals surface area contributed by atoms with Gasteiger partial charge in [0.15, 0.2) is 0 Å². The molecule has 0 bridgehead atoms. The third kappa shape index (κ3) is 4.68. The van der Waals surface area contributed by atoms with Crippen LogP contribution in [0.4, 0.5) is 17.6 Å². The second-order valence-corrected chi connectivity index (χ2v) is 6.75. The van der Waals surface area contributed by atoms with Crippen molar-refractivity contribution in [1.29, 1.82) is 0 Å². The largest absolute Gasteiger partial charge is 0.445 e. The van der Waals surface area contributed by atoms with Gasteiger partial charge in [-0.3, -0.25) is 0 Å². The molecule has 0 aliphatic carbocycles. The first-order valence-electron chi connectivity index (χ1n) is 5.60. The van der Waals surface area contributed by atoms with Gasteiger partial charge in [-0.2, -0.15) is 17.6 Å². The van der Waals surface area contributed by atoms with E-state index in [0.29, 0.717) is 13.2 Å². The Labute approximate surface area is 108 Å². The molecule has 106 valence electrons. The molecule has 18 heavy (non-hydrogen) atoms. The molecule has 0 saturated carbocycles. The Kier molecular flexibility index (Phi) is 4.94. The van der Waals surface area contributed by atoms with Crippen molar-refractivity contribution in [3.05, 3.63) is 10.9 Å². The number of thioether (sulfide) groups is 1. The smallest absolute Gasteiger partial charge is 0.378 e. The van der Waals surface area contributed by atoms with E-state index < -0.39 is 16.8 Å². The summed E-state index contributed by atoms with van der Waals surface area (Å²) in [6, 6.07) is 0. The van der Waals surface area contributed by atoms with Gasteiger partial charge in [0.2, 0.25) is 5.83 Å². The van der Waals surface area contributed by atoms with E-state index in [0.717, 1.165) is 11.8 Å². The summed E-state index contributed by atoms with van der Waals surface area (Å²) in [4.78, 5) is 1.40. The zero-order chi connectivity index (χ0) is 14.0. The molecule has 1 rings (SSSR count). The molecule has 0 N–H and O–H groups in total. The van der Waals surface area contributed by atoms with Crippen LogP contribution < -0.4 is 0 Å². The van der Waals surface area contributed by atoms with Crippen LogP contribution in [0.15, 0.2) is 10.9 Å². The van der Waals surface area contributed by atoms with E-state index in [1.165, 1.54) is 4.90 Å². The molecule has 0 aromatic heterocycles. The van der Waals surface area contributed by atoms with E-state index in [-0.39, 0.29) is 18.1 Å². The van der Waals surface area contributed by atoms with Gasteiger partial charge in [0, 0.05) is 17.8 Å². The summed E-state index contributed by atoms with van der Waals surface area (Å²) in [7, 11) is 0. The Bertz CT molecular complexity index is 316. The first-order valence-corrected chi connectivity index (χ1v) is 6.41. The van der Waals surface area contributed by atoms with Gasteiger partial charge in [0.25, 0.3) is 0 Å². The molecule has 1 fully saturated rings. The average Bonchev–Trinajstić information content (AvgIpc) is 2.24. The van der Waals surface area contributed by atoms with Crippen molar-refractivity contribution in [3.8, 4) is 0 Å². The van der Waals surface area contributed by atoms with E-state index in [9.17, 15) is 17.6 Å². The molecule has 0 aromatic rings. The molecule has 0 aromatic carbocycles. The predicted molar refractivity (Wildman–Crippen MR) is 63.9 cm³/mol. The van der Waals surface area contributed by atoms with E-state index in [4.69, 9.17) is 4.74 Å². The number of rotatable bonds is 2. The van der Waals surface area contributed by atoms with Crippen LogP contribution in [0.1, 0.15) is 20.8 Å². The maximum Gasteiger partial charge on any atom is 0.445 e. The minimum Gasteiger partial charge on any atom is -0.378 e. The van der Waals surface area contributed by atoms with Gasteiger partial charge in [-0.15, -0.1) is 0 Å². The molecule has 0 radical (unpaired) electrons. The van der Waals surface area contributed by atoms with Crippen molar-refractivity contribution in [2.45, 2.75) is 31.7 Å². The second kappa shape index (κ2) is 5.69. The SMILES string of the molecule is CC(C)(C)S/C(=C(\F)C(F)(F)F)N1CCOCC1. The monoisotopic (exact) mass is 287 g/mol. The molecule has 1 saturated heterocycles. The first kappa shape index (κ1) is 15.6. The van der Waals surface area contributed by atoms with E-state index in [1.807, 2.05) is 0 Å². The van der Waals surface area contributed by atoms with Crippen LogP contribution >= 0.6 is 11.8 Å². The highest BCUT2D eigenvalue weighted by Gasteiger charge is 2.40. The minimum absolute atomic E-state index is 0.280. The zero-order valence-electron chi connectivity index (χ0n) is 10.6. The van der Waals surface area contributed by atoms with Crippen molar-refractivity contribution >= 4 is 11.8 Å². The summed E-state index contributed by atoms with van der Waals surface area (Å²) in [5.74, 6) is -2.01. The summed E-state index contributed by atoms with van der Waals surface area (Å²) in [6.45, 7) is 6.45. The Morgan fingerprint density at radius 1 is 1.11 bits per heavy atom. The number of ether oxygens (including phenoxy) is 1. The summed E-state index contributed by atoms with van der Waals surface area (Å²) in [6.07, 6.45) is -4.94. The Morgan fingerprint density at radius 2 is 1.61 bits per heavy atom. The Hall–Kier alpha value is -0.430. The summed E-state index contributed by atoms with van der Waals surface area (Å²) < 4.78 is 55.7. The van der Waals surface area contributed by atoms with Crippen LogP contribution in [0.25, 0.3) is 0 Å². The molecule has 1 heterocycles. The van der Waals surface area contributed by atoms with Crippen LogP contribution in [0, 0.1) is 0 Å².